The third-order valence-corrected chi connectivity index (χ3v) is 24.9. The number of ether oxygens (including phenoxy) is 5. The lowest BCUT2D eigenvalue weighted by Gasteiger charge is -2.62. The van der Waals surface area contributed by atoms with E-state index >= 15 is 0 Å². The van der Waals surface area contributed by atoms with Crippen molar-refractivity contribution in [2.45, 2.75) is 272 Å². The van der Waals surface area contributed by atoms with Crippen LogP contribution < -0.4 is 0 Å². The molecule has 10 bridgehead atoms. The summed E-state index contributed by atoms with van der Waals surface area (Å²) in [4.78, 5) is 60.6. The van der Waals surface area contributed by atoms with Gasteiger partial charge in [0, 0.05) is 48.4 Å². The lowest BCUT2D eigenvalue weighted by molar-refractivity contribution is -0.264. The first-order chi connectivity index (χ1) is 39.1. The van der Waals surface area contributed by atoms with Crippen LogP contribution in [0.1, 0.15) is 238 Å². The fourth-order valence-electron chi connectivity index (χ4n) is 15.9. The minimum absolute atomic E-state index is 0.0335. The van der Waals surface area contributed by atoms with Crippen molar-refractivity contribution in [2.75, 3.05) is 17.3 Å². The molecule has 3 N–H and O–H groups in total. The number of benzene rings is 1. The van der Waals surface area contributed by atoms with Crippen LogP contribution in [0.2, 0.25) is 0 Å². The van der Waals surface area contributed by atoms with Crippen LogP contribution in [0.3, 0.4) is 0 Å². The average Bonchev–Trinajstić information content (AvgIpc) is 0.974. The summed E-state index contributed by atoms with van der Waals surface area (Å²) in [7, 11) is 0. The van der Waals surface area contributed by atoms with Gasteiger partial charge in [-0.2, -0.15) is 11.8 Å². The maximum absolute atomic E-state index is 12.8. The second-order valence-corrected chi connectivity index (χ2v) is 33.1. The van der Waals surface area contributed by atoms with Gasteiger partial charge in [0.25, 0.3) is 0 Å². The molecule has 84 heavy (non-hydrogen) atoms. The van der Waals surface area contributed by atoms with Crippen LogP contribution >= 0.6 is 23.5 Å². The maximum Gasteiger partial charge on any atom is 0.312 e. The first-order valence-electron chi connectivity index (χ1n) is 32.6. The van der Waals surface area contributed by atoms with Crippen molar-refractivity contribution in [1.29, 1.82) is 0 Å². The van der Waals surface area contributed by atoms with Gasteiger partial charge < -0.3 is 39.0 Å². The van der Waals surface area contributed by atoms with E-state index in [0.717, 1.165) is 87.5 Å². The molecule has 12 fully saturated rings. The Kier molecular flexibility index (Phi) is 21.7. The largest absolute Gasteiger partial charge is 0.508 e. The van der Waals surface area contributed by atoms with Crippen LogP contribution in [0, 0.1) is 74.9 Å². The van der Waals surface area contributed by atoms with Gasteiger partial charge in [-0.1, -0.05) is 67.5 Å². The monoisotopic (exact) mass is 1210 g/mol. The van der Waals surface area contributed by atoms with E-state index < -0.39 is 27.6 Å². The number of aromatic hydroxyl groups is 1. The van der Waals surface area contributed by atoms with E-state index in [0.29, 0.717) is 60.5 Å². The molecule has 0 aromatic heterocycles. The van der Waals surface area contributed by atoms with Crippen molar-refractivity contribution in [3.05, 3.63) is 29.8 Å². The van der Waals surface area contributed by atoms with Crippen molar-refractivity contribution in [1.82, 2.24) is 0 Å². The molecule has 2 aliphatic heterocycles. The summed E-state index contributed by atoms with van der Waals surface area (Å²) in [5, 5.41) is 30.3. The van der Waals surface area contributed by atoms with E-state index in [-0.39, 0.29) is 75.8 Å². The van der Waals surface area contributed by atoms with Crippen LogP contribution in [-0.2, 0) is 47.7 Å². The second kappa shape index (κ2) is 26.6. The molecule has 1 aromatic carbocycles. The zero-order chi connectivity index (χ0) is 62.2. The molecular formula is C69H110O13S2. The molecule has 12 aliphatic rings. The standard InChI is InChI=1S/C19H32O2.C16H26O4.C14H20O4.C10H18O2S2.C10H14O/c1-6-18(4,5)17(20)21-19(12(2)3)15-8-13-7-14(10-15)11-16(19)9-13;1-4-13(2,3)12(17)20-16-7-11-5-14(18,9-16)8-15(19,6-11)10-16;1-4-14(2,3)13(16)18-10-7-5-8-9(6-7)12(15)17-11(8)10;1-4-10(2,3)9(11)12-8-7-13-5-6-14-8;1-3-8(2)9-4-6-10(11)7-5-9/h12-16H,6-11H2,1-5H3;11,18-19H,4-10H2,1-3H3;7-11H,4-6H2,1-3H3;8H,4-7H2,1-3H3;4-8,11H,3H2,1-2H3. The molecule has 13 rings (SSSR count). The van der Waals surface area contributed by atoms with E-state index in [1.807, 2.05) is 100 Å². The summed E-state index contributed by atoms with van der Waals surface area (Å²) < 4.78 is 28.8. The molecule has 9 unspecified atom stereocenters. The Hall–Kier alpha value is -3.01. The Morgan fingerprint density at radius 2 is 1.13 bits per heavy atom. The number of fused-ring (bicyclic) bond motifs is 1. The topological polar surface area (TPSA) is 192 Å². The molecule has 15 heteroatoms. The van der Waals surface area contributed by atoms with Gasteiger partial charge in [0.2, 0.25) is 0 Å². The smallest absolute Gasteiger partial charge is 0.312 e. The number of thioether (sulfide) groups is 2. The van der Waals surface area contributed by atoms with E-state index in [1.165, 1.54) is 43.4 Å². The zero-order valence-corrected chi connectivity index (χ0v) is 56.0. The lowest BCUT2D eigenvalue weighted by Crippen LogP contribution is -2.67. The van der Waals surface area contributed by atoms with E-state index in [9.17, 15) is 34.2 Å². The summed E-state index contributed by atoms with van der Waals surface area (Å²) in [6.45, 7) is 32.5. The molecule has 0 spiro atoms. The van der Waals surface area contributed by atoms with Crippen molar-refractivity contribution in [3.8, 4) is 5.75 Å². The van der Waals surface area contributed by atoms with Crippen molar-refractivity contribution in [2.24, 2.45) is 74.9 Å². The van der Waals surface area contributed by atoms with Gasteiger partial charge in [-0.05, 0) is 211 Å². The molecule has 0 radical (unpaired) electrons. The quantitative estimate of drug-likeness (QED) is 0.111. The first-order valence-corrected chi connectivity index (χ1v) is 34.9. The van der Waals surface area contributed by atoms with Gasteiger partial charge in [0.1, 0.15) is 29.2 Å². The molecule has 476 valence electrons. The number of phenols is 1. The molecular weight excluding hydrogens is 1100 g/mol. The summed E-state index contributed by atoms with van der Waals surface area (Å²) in [6.07, 6.45) is 16.1. The van der Waals surface area contributed by atoms with E-state index in [1.54, 1.807) is 23.9 Å². The number of carbonyl (C=O) groups is 5. The molecule has 1 aromatic rings. The Morgan fingerprint density at radius 3 is 1.60 bits per heavy atom. The van der Waals surface area contributed by atoms with Gasteiger partial charge in [0.15, 0.2) is 5.44 Å². The number of phenolic OH excluding ortho intramolecular Hbond substituents is 1. The summed E-state index contributed by atoms with van der Waals surface area (Å²) >= 11 is 3.62. The van der Waals surface area contributed by atoms with Crippen LogP contribution in [0.25, 0.3) is 0 Å². The minimum atomic E-state index is -0.842. The number of rotatable bonds is 15. The Morgan fingerprint density at radius 1 is 0.631 bits per heavy atom. The number of aliphatic hydroxyl groups is 2. The molecule has 13 nitrogen and oxygen atoms in total. The van der Waals surface area contributed by atoms with Crippen LogP contribution in [-0.4, -0.2) is 102 Å². The average molecular weight is 1210 g/mol. The highest BCUT2D eigenvalue weighted by Gasteiger charge is 2.66. The van der Waals surface area contributed by atoms with Crippen LogP contribution in [0.4, 0.5) is 0 Å². The third-order valence-electron chi connectivity index (χ3n) is 22.4. The molecule has 2 saturated heterocycles. The lowest BCUT2D eigenvalue weighted by atomic mass is 9.47. The molecule has 10 aliphatic carbocycles. The number of hydrogen-bond donors (Lipinski definition) is 3. The van der Waals surface area contributed by atoms with Gasteiger partial charge in [0.05, 0.1) is 38.8 Å². The van der Waals surface area contributed by atoms with Crippen molar-refractivity contribution >= 4 is 53.4 Å². The normalized spacial score (nSPS) is 35.8. The summed E-state index contributed by atoms with van der Waals surface area (Å²) in [5.74, 6) is 8.15. The predicted octanol–water partition coefficient (Wildman–Crippen LogP) is 14.6. The molecule has 0 amide bonds. The highest BCUT2D eigenvalue weighted by molar-refractivity contribution is 8.06. The molecule has 2 heterocycles. The summed E-state index contributed by atoms with van der Waals surface area (Å²) in [6, 6.07) is 7.43. The van der Waals surface area contributed by atoms with Crippen LogP contribution in [0.5, 0.6) is 5.75 Å². The Bertz CT molecular complexity index is 2400. The van der Waals surface area contributed by atoms with Gasteiger partial charge >= 0.3 is 29.8 Å². The molecule has 10 saturated carbocycles. The third kappa shape index (κ3) is 15.2. The van der Waals surface area contributed by atoms with E-state index in [4.69, 9.17) is 28.8 Å². The minimum Gasteiger partial charge on any atom is -0.508 e. The highest BCUT2D eigenvalue weighted by atomic mass is 32.2. The first kappa shape index (κ1) is 68.5. The number of esters is 5. The van der Waals surface area contributed by atoms with Gasteiger partial charge in [-0.25, -0.2) is 0 Å². The van der Waals surface area contributed by atoms with Crippen molar-refractivity contribution < 1.29 is 63.0 Å². The second-order valence-electron chi connectivity index (χ2n) is 30.6. The Balaban J connectivity index is 0.000000153. The van der Waals surface area contributed by atoms with Crippen LogP contribution in [0.15, 0.2) is 24.3 Å². The maximum atomic E-state index is 12.8. The summed E-state index contributed by atoms with van der Waals surface area (Å²) in [5.41, 5.74) is -2.77. The van der Waals surface area contributed by atoms with Gasteiger partial charge in [-0.3, -0.25) is 24.0 Å². The SMILES string of the molecule is CCC(C)(C)C(=O)OC1(C(C)C)C2CC3CC(C2)CC1C3.CCC(C)(C)C(=O)OC12CC3CC(O)(CC(O)(C3)C1)C2.CCC(C)(C)C(=O)OC1C2CC3C(=O)OC1C3C2.CCC(C)(C)C(=O)OC1CSCCS1.CCC(C)c1ccc(O)cc1. The van der Waals surface area contributed by atoms with Crippen molar-refractivity contribution in [3.63, 3.8) is 0 Å². The number of carbonyl (C=O) groups excluding carboxylic acids is 5. The highest BCUT2D eigenvalue weighted by Crippen LogP contribution is 2.63. The van der Waals surface area contributed by atoms with E-state index in [2.05, 4.69) is 34.6 Å². The van der Waals surface area contributed by atoms with Gasteiger partial charge in [-0.15, -0.1) is 11.8 Å². The number of hydrogen-bond acceptors (Lipinski definition) is 15. The predicted molar refractivity (Wildman–Crippen MR) is 333 cm³/mol. The zero-order valence-electron chi connectivity index (χ0n) is 54.4. The molecule has 9 atom stereocenters. The Labute approximate surface area is 513 Å². The fraction of sp³-hybridized carbons (Fsp3) is 0.841. The fourth-order valence-corrected chi connectivity index (χ4v) is 18.3.